The van der Waals surface area contributed by atoms with Gasteiger partial charge in [0.25, 0.3) is 0 Å². The van der Waals surface area contributed by atoms with Crippen LogP contribution in [0.4, 0.5) is 0 Å². The Bertz CT molecular complexity index is 197. The van der Waals surface area contributed by atoms with Crippen molar-refractivity contribution in [3.05, 3.63) is 0 Å². The van der Waals surface area contributed by atoms with Crippen LogP contribution in [0.15, 0.2) is 0 Å². The van der Waals surface area contributed by atoms with Crippen molar-refractivity contribution in [1.29, 1.82) is 0 Å². The molecule has 1 unspecified atom stereocenters. The number of aliphatic hydroxyl groups excluding tert-OH is 1. The average Bonchev–Trinajstić information content (AvgIpc) is 2.46. The molecule has 4 nitrogen and oxygen atoms in total. The van der Waals surface area contributed by atoms with Crippen molar-refractivity contribution >= 4 is 0 Å². The molecule has 0 heterocycles. The molecule has 0 saturated heterocycles. The van der Waals surface area contributed by atoms with Gasteiger partial charge in [-0.25, -0.2) is 0 Å². The first-order valence-electron chi connectivity index (χ1n) is 7.75. The molecule has 0 radical (unpaired) electrons. The van der Waals surface area contributed by atoms with Gasteiger partial charge in [-0.1, -0.05) is 20.8 Å². The smallest absolute Gasteiger partial charge is 0.0613 e. The second kappa shape index (κ2) is 11.6. The molecule has 0 fully saturated rings. The Morgan fingerprint density at radius 3 is 2.42 bits per heavy atom. The lowest BCUT2D eigenvalue weighted by atomic mass is 9.91. The molecule has 0 aromatic heterocycles. The summed E-state index contributed by atoms with van der Waals surface area (Å²) in [7, 11) is 1.75. The topological polar surface area (TPSA) is 44.7 Å². The van der Waals surface area contributed by atoms with Gasteiger partial charge >= 0.3 is 0 Å². The van der Waals surface area contributed by atoms with Gasteiger partial charge in [0, 0.05) is 19.2 Å². The Morgan fingerprint density at radius 1 is 1.21 bits per heavy atom. The fraction of sp³-hybridized carbons (Fsp3) is 1.00. The van der Waals surface area contributed by atoms with Crippen LogP contribution in [0.25, 0.3) is 0 Å². The Hall–Kier alpha value is -0.160. The summed E-state index contributed by atoms with van der Waals surface area (Å²) < 4.78 is 5.12. The number of rotatable bonds is 13. The number of ether oxygens (including phenoxy) is 1. The third-order valence-electron chi connectivity index (χ3n) is 3.92. The van der Waals surface area contributed by atoms with Crippen molar-refractivity contribution in [1.82, 2.24) is 10.2 Å². The standard InChI is InChI=1S/C15H34N2O2/c1-5-10-16-15(6-2,14-18)9-8-11-17(7-3)12-13-19-4/h16,18H,5-14H2,1-4H3. The van der Waals surface area contributed by atoms with Gasteiger partial charge in [0.2, 0.25) is 0 Å². The molecule has 19 heavy (non-hydrogen) atoms. The van der Waals surface area contributed by atoms with Crippen molar-refractivity contribution < 1.29 is 9.84 Å². The maximum absolute atomic E-state index is 9.67. The first-order valence-corrected chi connectivity index (χ1v) is 7.75. The van der Waals surface area contributed by atoms with Crippen LogP contribution in [0.1, 0.15) is 46.5 Å². The SMILES string of the molecule is CCCNC(CC)(CO)CCCN(CC)CCOC. The minimum Gasteiger partial charge on any atom is -0.394 e. The number of hydrogen-bond donors (Lipinski definition) is 2. The number of nitrogens with one attached hydrogen (secondary N) is 1. The number of aliphatic hydroxyl groups is 1. The average molecular weight is 274 g/mol. The van der Waals surface area contributed by atoms with E-state index in [-0.39, 0.29) is 12.1 Å². The summed E-state index contributed by atoms with van der Waals surface area (Å²) in [5.74, 6) is 0. The van der Waals surface area contributed by atoms with E-state index in [0.29, 0.717) is 0 Å². The highest BCUT2D eigenvalue weighted by atomic mass is 16.5. The fourth-order valence-electron chi connectivity index (χ4n) is 2.32. The van der Waals surface area contributed by atoms with Crippen LogP contribution in [0.2, 0.25) is 0 Å². The minimum absolute atomic E-state index is 0.0866. The summed E-state index contributed by atoms with van der Waals surface area (Å²) in [5.41, 5.74) is -0.0866. The number of hydrogen-bond acceptors (Lipinski definition) is 4. The molecule has 4 heteroatoms. The predicted octanol–water partition coefficient (Wildman–Crippen LogP) is 1.88. The van der Waals surface area contributed by atoms with Crippen LogP contribution >= 0.6 is 0 Å². The van der Waals surface area contributed by atoms with Gasteiger partial charge in [0.1, 0.15) is 0 Å². The Kier molecular flexibility index (Phi) is 11.6. The summed E-state index contributed by atoms with van der Waals surface area (Å²) in [4.78, 5) is 2.40. The van der Waals surface area contributed by atoms with E-state index in [1.165, 1.54) is 0 Å². The summed E-state index contributed by atoms with van der Waals surface area (Å²) in [6, 6.07) is 0. The highest BCUT2D eigenvalue weighted by molar-refractivity contribution is 4.86. The van der Waals surface area contributed by atoms with E-state index in [1.807, 2.05) is 0 Å². The lowest BCUT2D eigenvalue weighted by Crippen LogP contribution is -2.48. The lowest BCUT2D eigenvalue weighted by molar-refractivity contribution is 0.128. The monoisotopic (exact) mass is 274 g/mol. The molecule has 116 valence electrons. The van der Waals surface area contributed by atoms with Crippen molar-refractivity contribution in [2.45, 2.75) is 52.0 Å². The van der Waals surface area contributed by atoms with Crippen LogP contribution in [0, 0.1) is 0 Å². The molecule has 0 aliphatic heterocycles. The quantitative estimate of drug-likeness (QED) is 0.538. The molecule has 0 aromatic carbocycles. The van der Waals surface area contributed by atoms with Crippen molar-refractivity contribution in [2.24, 2.45) is 0 Å². The van der Waals surface area contributed by atoms with E-state index in [9.17, 15) is 5.11 Å². The molecular formula is C15H34N2O2. The molecule has 1 atom stereocenters. The Morgan fingerprint density at radius 2 is 1.95 bits per heavy atom. The lowest BCUT2D eigenvalue weighted by Gasteiger charge is -2.33. The van der Waals surface area contributed by atoms with Gasteiger partial charge < -0.3 is 20.1 Å². The van der Waals surface area contributed by atoms with E-state index >= 15 is 0 Å². The Labute approximate surface area is 119 Å². The van der Waals surface area contributed by atoms with Crippen LogP contribution in [-0.2, 0) is 4.74 Å². The first kappa shape index (κ1) is 18.8. The van der Waals surface area contributed by atoms with Crippen LogP contribution < -0.4 is 5.32 Å². The van der Waals surface area contributed by atoms with Crippen molar-refractivity contribution in [3.63, 3.8) is 0 Å². The zero-order valence-corrected chi connectivity index (χ0v) is 13.4. The van der Waals surface area contributed by atoms with Gasteiger partial charge in [0.05, 0.1) is 13.2 Å². The largest absolute Gasteiger partial charge is 0.394 e. The van der Waals surface area contributed by atoms with Crippen molar-refractivity contribution in [3.8, 4) is 0 Å². The first-order chi connectivity index (χ1) is 9.17. The predicted molar refractivity (Wildman–Crippen MR) is 81.6 cm³/mol. The van der Waals surface area contributed by atoms with Gasteiger partial charge in [-0.05, 0) is 45.3 Å². The van der Waals surface area contributed by atoms with Crippen molar-refractivity contribution in [2.75, 3.05) is 46.5 Å². The molecule has 0 spiro atoms. The molecule has 0 saturated carbocycles. The van der Waals surface area contributed by atoms with Gasteiger partial charge in [-0.15, -0.1) is 0 Å². The number of methoxy groups -OCH3 is 1. The third-order valence-corrected chi connectivity index (χ3v) is 3.92. The zero-order valence-electron chi connectivity index (χ0n) is 13.4. The summed E-state index contributed by atoms with van der Waals surface area (Å²) >= 11 is 0. The maximum Gasteiger partial charge on any atom is 0.0613 e. The molecule has 0 aromatic rings. The Balaban J connectivity index is 4.08. The second-order valence-corrected chi connectivity index (χ2v) is 5.25. The molecule has 0 aliphatic carbocycles. The molecule has 0 rings (SSSR count). The van der Waals surface area contributed by atoms with Crippen LogP contribution in [-0.4, -0.2) is 62.0 Å². The molecule has 2 N–H and O–H groups in total. The molecule has 0 aliphatic rings. The zero-order chi connectivity index (χ0) is 14.6. The second-order valence-electron chi connectivity index (χ2n) is 5.25. The van der Waals surface area contributed by atoms with E-state index in [4.69, 9.17) is 4.74 Å². The van der Waals surface area contributed by atoms with Crippen LogP contribution in [0.3, 0.4) is 0 Å². The van der Waals surface area contributed by atoms with Gasteiger partial charge in [-0.2, -0.15) is 0 Å². The molecule has 0 bridgehead atoms. The fourth-order valence-corrected chi connectivity index (χ4v) is 2.32. The number of nitrogens with zero attached hydrogens (tertiary/aromatic N) is 1. The van der Waals surface area contributed by atoms with Crippen LogP contribution in [0.5, 0.6) is 0 Å². The summed E-state index contributed by atoms with van der Waals surface area (Å²) in [5, 5.41) is 13.2. The van der Waals surface area contributed by atoms with Gasteiger partial charge in [0.15, 0.2) is 0 Å². The van der Waals surface area contributed by atoms with E-state index in [1.54, 1.807) is 7.11 Å². The normalized spacial score (nSPS) is 14.8. The molecular weight excluding hydrogens is 240 g/mol. The molecule has 0 amide bonds. The summed E-state index contributed by atoms with van der Waals surface area (Å²) in [6.45, 7) is 11.6. The maximum atomic E-state index is 9.67. The highest BCUT2D eigenvalue weighted by Crippen LogP contribution is 2.17. The number of likely N-dealkylation sites (N-methyl/N-ethyl adjacent to an activating group) is 1. The summed E-state index contributed by atoms with van der Waals surface area (Å²) in [6.07, 6.45) is 4.23. The van der Waals surface area contributed by atoms with Gasteiger partial charge in [-0.3, -0.25) is 0 Å². The minimum atomic E-state index is -0.0866. The third kappa shape index (κ3) is 7.88. The highest BCUT2D eigenvalue weighted by Gasteiger charge is 2.25. The van der Waals surface area contributed by atoms with E-state index in [0.717, 1.165) is 58.5 Å². The van der Waals surface area contributed by atoms with E-state index in [2.05, 4.69) is 31.0 Å². The van der Waals surface area contributed by atoms with E-state index < -0.39 is 0 Å².